The number of rotatable bonds is 2. The molecule has 15 heavy (non-hydrogen) atoms. The Hall–Kier alpha value is -0.880. The number of ether oxygens (including phenoxy) is 1. The van der Waals surface area contributed by atoms with Crippen molar-refractivity contribution in [2.24, 2.45) is 0 Å². The molecule has 0 spiro atoms. The van der Waals surface area contributed by atoms with Gasteiger partial charge in [-0.15, -0.1) is 0 Å². The number of allylic oxidation sites excluding steroid dienone is 1. The topological polar surface area (TPSA) is 72.5 Å². The van der Waals surface area contributed by atoms with Crippen LogP contribution in [0.4, 0.5) is 0 Å². The summed E-state index contributed by atoms with van der Waals surface area (Å²) in [6.45, 7) is 3.60. The second-order valence-electron chi connectivity index (χ2n) is 3.57. The van der Waals surface area contributed by atoms with Gasteiger partial charge in [-0.3, -0.25) is 4.79 Å². The molecule has 6 heteroatoms. The predicted molar refractivity (Wildman–Crippen MR) is 55.7 cm³/mol. The summed E-state index contributed by atoms with van der Waals surface area (Å²) in [4.78, 5) is 11.5. The molecule has 0 fully saturated rings. The molecule has 0 aromatic heterocycles. The third-order valence-electron chi connectivity index (χ3n) is 1.91. The molecular formula is C9H15NO4S. The first-order valence-corrected chi connectivity index (χ1v) is 6.32. The third-order valence-corrected chi connectivity index (χ3v) is 3.61. The lowest BCUT2D eigenvalue weighted by atomic mass is 10.3. The van der Waals surface area contributed by atoms with E-state index in [1.807, 2.05) is 0 Å². The molecule has 86 valence electrons. The Balaban J connectivity index is 2.81. The number of carbonyl (C=O) groups is 1. The smallest absolute Gasteiger partial charge is 0.326 e. The van der Waals surface area contributed by atoms with Crippen molar-refractivity contribution >= 4 is 16.0 Å². The number of esters is 1. The second-order valence-corrected chi connectivity index (χ2v) is 5.52. The maximum atomic E-state index is 11.6. The van der Waals surface area contributed by atoms with Gasteiger partial charge in [-0.1, -0.05) is 12.2 Å². The molecule has 0 aliphatic carbocycles. The molecule has 0 aromatic rings. The Morgan fingerprint density at radius 1 is 1.47 bits per heavy atom. The quantitative estimate of drug-likeness (QED) is 0.545. The summed E-state index contributed by atoms with van der Waals surface area (Å²) in [5, 5.41) is -1.13. The van der Waals surface area contributed by atoms with E-state index in [1.165, 1.54) is 0 Å². The van der Waals surface area contributed by atoms with Crippen LogP contribution in [0.2, 0.25) is 0 Å². The van der Waals surface area contributed by atoms with Crippen LogP contribution in [0, 0.1) is 0 Å². The first-order chi connectivity index (χ1) is 6.93. The SMILES string of the molecule is CC(C)OC(=O)C1CC=CCNS1(=O)=O. The molecule has 1 heterocycles. The zero-order valence-corrected chi connectivity index (χ0v) is 9.58. The lowest BCUT2D eigenvalue weighted by Crippen LogP contribution is -2.39. The Kier molecular flexibility index (Phi) is 3.87. The molecule has 0 bridgehead atoms. The van der Waals surface area contributed by atoms with E-state index in [0.29, 0.717) is 0 Å². The lowest BCUT2D eigenvalue weighted by molar-refractivity contribution is -0.146. The van der Waals surface area contributed by atoms with Crippen molar-refractivity contribution in [3.8, 4) is 0 Å². The number of hydrogen-bond acceptors (Lipinski definition) is 4. The van der Waals surface area contributed by atoms with E-state index >= 15 is 0 Å². The van der Waals surface area contributed by atoms with Crippen molar-refractivity contribution in [3.05, 3.63) is 12.2 Å². The predicted octanol–water partition coefficient (Wildman–Crippen LogP) is 0.186. The summed E-state index contributed by atoms with van der Waals surface area (Å²) < 4.78 is 30.3. The molecular weight excluding hydrogens is 218 g/mol. The molecule has 1 aliphatic heterocycles. The van der Waals surface area contributed by atoms with Gasteiger partial charge in [0.05, 0.1) is 6.10 Å². The summed E-state index contributed by atoms with van der Waals surface area (Å²) in [5.74, 6) is -0.691. The summed E-state index contributed by atoms with van der Waals surface area (Å²) in [5.41, 5.74) is 0. The van der Waals surface area contributed by atoms with Crippen LogP contribution in [0.15, 0.2) is 12.2 Å². The van der Waals surface area contributed by atoms with E-state index in [-0.39, 0.29) is 19.1 Å². The summed E-state index contributed by atoms with van der Waals surface area (Å²) in [7, 11) is -3.59. The molecule has 0 amide bonds. The Morgan fingerprint density at radius 2 is 2.13 bits per heavy atom. The van der Waals surface area contributed by atoms with Crippen LogP contribution >= 0.6 is 0 Å². The molecule has 1 rings (SSSR count). The summed E-state index contributed by atoms with van der Waals surface area (Å²) >= 11 is 0. The van der Waals surface area contributed by atoms with E-state index in [9.17, 15) is 13.2 Å². The molecule has 1 N–H and O–H groups in total. The molecule has 1 aliphatic rings. The monoisotopic (exact) mass is 233 g/mol. The van der Waals surface area contributed by atoms with Gasteiger partial charge in [0.2, 0.25) is 10.0 Å². The molecule has 0 saturated carbocycles. The van der Waals surface area contributed by atoms with E-state index in [4.69, 9.17) is 4.74 Å². The van der Waals surface area contributed by atoms with Crippen LogP contribution in [0.5, 0.6) is 0 Å². The van der Waals surface area contributed by atoms with Crippen LogP contribution < -0.4 is 4.72 Å². The van der Waals surface area contributed by atoms with Gasteiger partial charge in [-0.2, -0.15) is 0 Å². The van der Waals surface area contributed by atoms with Gasteiger partial charge in [0.1, 0.15) is 0 Å². The van der Waals surface area contributed by atoms with Crippen molar-refractivity contribution in [1.29, 1.82) is 0 Å². The van der Waals surface area contributed by atoms with Crippen molar-refractivity contribution in [1.82, 2.24) is 4.72 Å². The van der Waals surface area contributed by atoms with E-state index in [0.717, 1.165) is 0 Å². The van der Waals surface area contributed by atoms with Gasteiger partial charge in [-0.05, 0) is 20.3 Å². The largest absolute Gasteiger partial charge is 0.462 e. The highest BCUT2D eigenvalue weighted by atomic mass is 32.2. The fourth-order valence-corrected chi connectivity index (χ4v) is 2.43. The van der Waals surface area contributed by atoms with Crippen LogP contribution in [0.25, 0.3) is 0 Å². The summed E-state index contributed by atoms with van der Waals surface area (Å²) in [6.07, 6.45) is 3.21. The molecule has 1 atom stereocenters. The van der Waals surface area contributed by atoms with Crippen molar-refractivity contribution in [2.75, 3.05) is 6.54 Å². The molecule has 5 nitrogen and oxygen atoms in total. The first kappa shape index (κ1) is 12.2. The minimum atomic E-state index is -3.59. The molecule has 0 aromatic carbocycles. The van der Waals surface area contributed by atoms with Crippen molar-refractivity contribution < 1.29 is 17.9 Å². The van der Waals surface area contributed by atoms with Gasteiger partial charge in [-0.25, -0.2) is 13.1 Å². The lowest BCUT2D eigenvalue weighted by Gasteiger charge is -2.15. The van der Waals surface area contributed by atoms with Crippen LogP contribution in [0.3, 0.4) is 0 Å². The van der Waals surface area contributed by atoms with E-state index in [2.05, 4.69) is 4.72 Å². The van der Waals surface area contributed by atoms with Gasteiger partial charge in [0.15, 0.2) is 5.25 Å². The average Bonchev–Trinajstić information content (AvgIpc) is 2.24. The molecule has 1 unspecified atom stereocenters. The molecule has 0 saturated heterocycles. The van der Waals surface area contributed by atoms with Gasteiger partial charge in [0, 0.05) is 6.54 Å². The fraction of sp³-hybridized carbons (Fsp3) is 0.667. The van der Waals surface area contributed by atoms with E-state index in [1.54, 1.807) is 26.0 Å². The average molecular weight is 233 g/mol. The number of nitrogens with one attached hydrogen (secondary N) is 1. The first-order valence-electron chi connectivity index (χ1n) is 4.77. The third kappa shape index (κ3) is 3.32. The van der Waals surface area contributed by atoms with Crippen LogP contribution in [-0.4, -0.2) is 32.3 Å². The highest BCUT2D eigenvalue weighted by Crippen LogP contribution is 2.11. The Bertz CT molecular complexity index is 358. The number of hydrogen-bond donors (Lipinski definition) is 1. The summed E-state index contributed by atoms with van der Waals surface area (Å²) in [6, 6.07) is 0. The van der Waals surface area contributed by atoms with Crippen molar-refractivity contribution in [3.63, 3.8) is 0 Å². The highest BCUT2D eigenvalue weighted by molar-refractivity contribution is 7.90. The van der Waals surface area contributed by atoms with Crippen LogP contribution in [-0.2, 0) is 19.6 Å². The van der Waals surface area contributed by atoms with Gasteiger partial charge in [0.25, 0.3) is 0 Å². The number of sulfonamides is 1. The number of carbonyl (C=O) groups excluding carboxylic acids is 1. The normalized spacial score (nSPS) is 24.9. The molecule has 0 radical (unpaired) electrons. The fourth-order valence-electron chi connectivity index (χ4n) is 1.23. The maximum absolute atomic E-state index is 11.6. The minimum Gasteiger partial charge on any atom is -0.462 e. The zero-order chi connectivity index (χ0) is 11.5. The zero-order valence-electron chi connectivity index (χ0n) is 8.76. The maximum Gasteiger partial charge on any atom is 0.326 e. The highest BCUT2D eigenvalue weighted by Gasteiger charge is 2.33. The van der Waals surface area contributed by atoms with Crippen LogP contribution in [0.1, 0.15) is 20.3 Å². The van der Waals surface area contributed by atoms with E-state index < -0.39 is 21.2 Å². The second kappa shape index (κ2) is 4.76. The Labute approximate surface area is 89.5 Å². The van der Waals surface area contributed by atoms with Gasteiger partial charge >= 0.3 is 5.97 Å². The van der Waals surface area contributed by atoms with Gasteiger partial charge < -0.3 is 4.74 Å². The van der Waals surface area contributed by atoms with Crippen molar-refractivity contribution in [2.45, 2.75) is 31.6 Å². The standard InChI is InChI=1S/C9H15NO4S/c1-7(2)14-9(11)8-5-3-4-6-10-15(8,12)13/h3-4,7-8,10H,5-6H2,1-2H3. The minimum absolute atomic E-state index is 0.168. The Morgan fingerprint density at radius 3 is 2.73 bits per heavy atom.